The Bertz CT molecular complexity index is 1500. The van der Waals surface area contributed by atoms with Crippen molar-refractivity contribution in [3.8, 4) is 11.5 Å². The third kappa shape index (κ3) is 6.45. The van der Waals surface area contributed by atoms with E-state index in [0.717, 1.165) is 35.1 Å². The number of nitro groups is 2. The first-order chi connectivity index (χ1) is 18.6. The van der Waals surface area contributed by atoms with Gasteiger partial charge in [-0.3, -0.25) is 39.5 Å². The van der Waals surface area contributed by atoms with Crippen molar-refractivity contribution in [2.24, 2.45) is 0 Å². The number of carbonyl (C=O) groups is 3. The zero-order chi connectivity index (χ0) is 28.1. The maximum absolute atomic E-state index is 12.8. The molecule has 0 unspecified atom stereocenters. The van der Waals surface area contributed by atoms with E-state index in [-0.39, 0.29) is 16.4 Å². The number of nitro benzene ring substituents is 2. The average Bonchev–Trinajstić information content (AvgIpc) is 3.17. The van der Waals surface area contributed by atoms with Crippen LogP contribution in [0, 0.1) is 20.2 Å². The number of ether oxygens (including phenoxy) is 1. The molecule has 0 radical (unpaired) electrons. The number of thioether (sulfide) groups is 1. The summed E-state index contributed by atoms with van der Waals surface area (Å²) in [5.74, 6) is -1.09. The molecular formula is C26H20N4O8S. The maximum Gasteiger partial charge on any atom is 0.318 e. The zero-order valence-corrected chi connectivity index (χ0v) is 21.2. The van der Waals surface area contributed by atoms with Gasteiger partial charge in [0.25, 0.3) is 16.8 Å². The lowest BCUT2D eigenvalue weighted by atomic mass is 10.1. The van der Waals surface area contributed by atoms with Gasteiger partial charge in [0.1, 0.15) is 12.3 Å². The Labute approximate surface area is 225 Å². The molecule has 3 aromatic carbocycles. The molecule has 0 aromatic heterocycles. The zero-order valence-electron chi connectivity index (χ0n) is 20.4. The van der Waals surface area contributed by atoms with Gasteiger partial charge in [-0.2, -0.15) is 0 Å². The topological polar surface area (TPSA) is 162 Å². The number of hydrogen-bond acceptors (Lipinski definition) is 9. The van der Waals surface area contributed by atoms with E-state index in [1.165, 1.54) is 18.2 Å². The summed E-state index contributed by atoms with van der Waals surface area (Å²) in [4.78, 5) is 59.2. The molecule has 1 N–H and O–H groups in total. The Hall–Kier alpha value is -5.04. The van der Waals surface area contributed by atoms with Crippen molar-refractivity contribution in [3.63, 3.8) is 0 Å². The van der Waals surface area contributed by atoms with E-state index in [9.17, 15) is 34.6 Å². The standard InChI is InChI=1S/C26H20N4O8S/c1-2-16-3-7-18(8-4-16)27-24(31)15-28-25(32)23(39-26(28)33)13-17-5-10-20(11-6-17)38-22-12-9-19(29(34)35)14-21(22)30(36)37/h3-14H,2,15H2,1H3,(H,27,31)/b23-13+. The van der Waals surface area contributed by atoms with Crippen LogP contribution in [0.3, 0.4) is 0 Å². The summed E-state index contributed by atoms with van der Waals surface area (Å²) in [6.07, 6.45) is 2.33. The number of nitrogens with zero attached hydrogens (tertiary/aromatic N) is 3. The van der Waals surface area contributed by atoms with Gasteiger partial charge in [-0.25, -0.2) is 0 Å². The first-order valence-corrected chi connectivity index (χ1v) is 12.3. The molecule has 1 saturated heterocycles. The molecule has 1 aliphatic rings. The van der Waals surface area contributed by atoms with Crippen molar-refractivity contribution in [2.75, 3.05) is 11.9 Å². The summed E-state index contributed by atoms with van der Waals surface area (Å²) in [6.45, 7) is 1.58. The van der Waals surface area contributed by atoms with Gasteiger partial charge in [0.2, 0.25) is 11.7 Å². The Balaban J connectivity index is 1.41. The van der Waals surface area contributed by atoms with Gasteiger partial charge >= 0.3 is 5.69 Å². The van der Waals surface area contributed by atoms with E-state index in [0.29, 0.717) is 23.0 Å². The van der Waals surface area contributed by atoms with Crippen LogP contribution in [0.4, 0.5) is 21.9 Å². The van der Waals surface area contributed by atoms with Crippen LogP contribution >= 0.6 is 11.8 Å². The lowest BCUT2D eigenvalue weighted by Crippen LogP contribution is -2.36. The largest absolute Gasteiger partial charge is 0.450 e. The molecule has 0 aliphatic carbocycles. The van der Waals surface area contributed by atoms with Gasteiger partial charge in [0.05, 0.1) is 20.8 Å². The first-order valence-electron chi connectivity index (χ1n) is 11.5. The van der Waals surface area contributed by atoms with Crippen LogP contribution in [-0.4, -0.2) is 38.3 Å². The number of aryl methyl sites for hydroxylation is 1. The fourth-order valence-corrected chi connectivity index (χ4v) is 4.40. The second kappa shape index (κ2) is 11.6. The minimum absolute atomic E-state index is 0.125. The molecule has 3 aromatic rings. The highest BCUT2D eigenvalue weighted by atomic mass is 32.2. The predicted octanol–water partition coefficient (Wildman–Crippen LogP) is 5.53. The lowest BCUT2D eigenvalue weighted by Gasteiger charge is -2.12. The summed E-state index contributed by atoms with van der Waals surface area (Å²) >= 11 is 0.703. The van der Waals surface area contributed by atoms with Gasteiger partial charge < -0.3 is 10.1 Å². The third-order valence-corrected chi connectivity index (χ3v) is 6.48. The molecule has 13 heteroatoms. The van der Waals surface area contributed by atoms with Gasteiger partial charge in [-0.05, 0) is 65.7 Å². The fourth-order valence-electron chi connectivity index (χ4n) is 3.56. The average molecular weight is 549 g/mol. The third-order valence-electron chi connectivity index (χ3n) is 5.58. The SMILES string of the molecule is CCc1ccc(NC(=O)CN2C(=O)S/C(=C/c3ccc(Oc4ccc([N+](=O)[O-])cc4[N+](=O)[O-])cc3)C2=O)cc1. The number of hydrogen-bond donors (Lipinski definition) is 1. The van der Waals surface area contributed by atoms with Crippen LogP contribution in [0.5, 0.6) is 11.5 Å². The number of amides is 3. The van der Waals surface area contributed by atoms with Crippen molar-refractivity contribution < 1.29 is 29.0 Å². The molecule has 198 valence electrons. The molecule has 0 bridgehead atoms. The summed E-state index contributed by atoms with van der Waals surface area (Å²) in [7, 11) is 0. The van der Waals surface area contributed by atoms with E-state index < -0.39 is 44.8 Å². The Morgan fingerprint density at radius 2 is 1.69 bits per heavy atom. The van der Waals surface area contributed by atoms with E-state index in [1.54, 1.807) is 24.3 Å². The number of rotatable bonds is 9. The quantitative estimate of drug-likeness (QED) is 0.206. The van der Waals surface area contributed by atoms with Gasteiger partial charge in [-0.15, -0.1) is 0 Å². The van der Waals surface area contributed by atoms with E-state index >= 15 is 0 Å². The number of non-ortho nitro benzene ring substituents is 1. The molecular weight excluding hydrogens is 528 g/mol. The van der Waals surface area contributed by atoms with Crippen molar-refractivity contribution >= 4 is 52.0 Å². The second-order valence-corrected chi connectivity index (χ2v) is 9.20. The lowest BCUT2D eigenvalue weighted by molar-refractivity contribution is -0.394. The van der Waals surface area contributed by atoms with Crippen LogP contribution < -0.4 is 10.1 Å². The van der Waals surface area contributed by atoms with Gasteiger partial charge in [0.15, 0.2) is 0 Å². The van der Waals surface area contributed by atoms with Crippen LogP contribution in [0.1, 0.15) is 18.1 Å². The Kier molecular flexibility index (Phi) is 8.01. The minimum atomic E-state index is -0.783. The highest BCUT2D eigenvalue weighted by molar-refractivity contribution is 8.18. The van der Waals surface area contributed by atoms with E-state index in [2.05, 4.69) is 5.32 Å². The fraction of sp³-hybridized carbons (Fsp3) is 0.115. The minimum Gasteiger partial charge on any atom is -0.450 e. The second-order valence-electron chi connectivity index (χ2n) is 8.20. The van der Waals surface area contributed by atoms with Crippen LogP contribution in [-0.2, 0) is 16.0 Å². The molecule has 3 amide bonds. The summed E-state index contributed by atoms with van der Waals surface area (Å²) in [6, 6.07) is 16.4. The Morgan fingerprint density at radius 3 is 2.31 bits per heavy atom. The summed E-state index contributed by atoms with van der Waals surface area (Å²) in [5.41, 5.74) is 1.19. The number of anilines is 1. The van der Waals surface area contributed by atoms with Crippen LogP contribution in [0.15, 0.2) is 71.6 Å². The van der Waals surface area contributed by atoms with Crippen molar-refractivity contribution in [2.45, 2.75) is 13.3 Å². The molecule has 0 saturated carbocycles. The number of nitrogens with one attached hydrogen (secondary N) is 1. The van der Waals surface area contributed by atoms with Gasteiger partial charge in [-0.1, -0.05) is 31.2 Å². The predicted molar refractivity (Wildman–Crippen MR) is 143 cm³/mol. The van der Waals surface area contributed by atoms with Crippen molar-refractivity contribution in [1.82, 2.24) is 4.90 Å². The number of benzene rings is 3. The highest BCUT2D eigenvalue weighted by Crippen LogP contribution is 2.35. The molecule has 1 heterocycles. The molecule has 39 heavy (non-hydrogen) atoms. The maximum atomic E-state index is 12.8. The van der Waals surface area contributed by atoms with E-state index in [4.69, 9.17) is 4.74 Å². The smallest absolute Gasteiger partial charge is 0.318 e. The summed E-state index contributed by atoms with van der Waals surface area (Å²) in [5, 5.41) is 24.3. The normalized spacial score (nSPS) is 14.0. The van der Waals surface area contributed by atoms with Crippen LogP contribution in [0.2, 0.25) is 0 Å². The van der Waals surface area contributed by atoms with E-state index in [1.807, 2.05) is 19.1 Å². The molecule has 0 atom stereocenters. The van der Waals surface area contributed by atoms with Crippen LogP contribution in [0.25, 0.3) is 6.08 Å². The van der Waals surface area contributed by atoms with Gasteiger partial charge in [0, 0.05) is 11.8 Å². The van der Waals surface area contributed by atoms with Crippen molar-refractivity contribution in [1.29, 1.82) is 0 Å². The monoisotopic (exact) mass is 548 g/mol. The molecule has 1 aliphatic heterocycles. The Morgan fingerprint density at radius 1 is 1.00 bits per heavy atom. The van der Waals surface area contributed by atoms with Crippen molar-refractivity contribution in [3.05, 3.63) is 103 Å². The molecule has 12 nitrogen and oxygen atoms in total. The molecule has 1 fully saturated rings. The highest BCUT2D eigenvalue weighted by Gasteiger charge is 2.36. The first kappa shape index (κ1) is 27.0. The number of carbonyl (C=O) groups excluding carboxylic acids is 3. The summed E-state index contributed by atoms with van der Waals surface area (Å²) < 4.78 is 5.53. The molecule has 0 spiro atoms. The number of imide groups is 1. The molecule has 4 rings (SSSR count).